The smallest absolute Gasteiger partial charge is 0.161 e. The summed E-state index contributed by atoms with van der Waals surface area (Å²) in [7, 11) is 0. The summed E-state index contributed by atoms with van der Waals surface area (Å²) in [4.78, 5) is 12.4. The van der Waals surface area contributed by atoms with E-state index in [1.807, 2.05) is 0 Å². The number of carbonyl (C=O) groups is 1. The minimum atomic E-state index is -0.208. The molecule has 7 heteroatoms. The summed E-state index contributed by atoms with van der Waals surface area (Å²) in [5.41, 5.74) is 0. The van der Waals surface area contributed by atoms with Gasteiger partial charge in [0.25, 0.3) is 0 Å². The normalized spacial score (nSPS) is 54.3. The fraction of sp³-hybridized carbons (Fsp3) is 0.947. The van der Waals surface area contributed by atoms with Crippen LogP contribution in [0, 0.1) is 5.92 Å². The maximum atomic E-state index is 12.4. The van der Waals surface area contributed by atoms with E-state index in [2.05, 4.69) is 0 Å². The molecule has 7 aliphatic heterocycles. The fourth-order valence-corrected chi connectivity index (χ4v) is 5.64. The summed E-state index contributed by atoms with van der Waals surface area (Å²) in [5.74, 6) is 0.665. The lowest BCUT2D eigenvalue weighted by molar-refractivity contribution is -0.264. The zero-order chi connectivity index (χ0) is 17.3. The maximum absolute atomic E-state index is 12.4. The Kier molecular flexibility index (Phi) is 3.92. The van der Waals surface area contributed by atoms with E-state index in [1.54, 1.807) is 0 Å². The van der Waals surface area contributed by atoms with E-state index in [9.17, 15) is 4.79 Å². The van der Waals surface area contributed by atoms with Crippen molar-refractivity contribution >= 4 is 5.78 Å². The van der Waals surface area contributed by atoms with Crippen LogP contribution in [0.15, 0.2) is 0 Å². The molecule has 2 unspecified atom stereocenters. The molecule has 7 aliphatic rings. The van der Waals surface area contributed by atoms with E-state index in [4.69, 9.17) is 28.4 Å². The molecule has 0 aliphatic carbocycles. The number of hydrogen-bond acceptors (Lipinski definition) is 7. The van der Waals surface area contributed by atoms with E-state index in [0.717, 1.165) is 38.9 Å². The van der Waals surface area contributed by atoms with Crippen LogP contribution in [0.25, 0.3) is 0 Å². The van der Waals surface area contributed by atoms with Crippen molar-refractivity contribution < 1.29 is 33.2 Å². The molecule has 0 aromatic carbocycles. The topological polar surface area (TPSA) is 72.5 Å². The van der Waals surface area contributed by atoms with E-state index < -0.39 is 0 Å². The molecule has 6 bridgehead atoms. The molecule has 26 heavy (non-hydrogen) atoms. The van der Waals surface area contributed by atoms with Gasteiger partial charge in [-0.2, -0.15) is 0 Å². The number of fused-ring (bicyclic) bond motifs is 1. The molecule has 7 nitrogen and oxygen atoms in total. The lowest BCUT2D eigenvalue weighted by Crippen LogP contribution is -2.61. The maximum Gasteiger partial charge on any atom is 0.161 e. The van der Waals surface area contributed by atoms with Gasteiger partial charge in [-0.3, -0.25) is 4.79 Å². The Morgan fingerprint density at radius 2 is 1.54 bits per heavy atom. The zero-order valence-corrected chi connectivity index (χ0v) is 14.8. The van der Waals surface area contributed by atoms with Crippen LogP contribution >= 0.6 is 0 Å². The molecule has 7 saturated heterocycles. The predicted octanol–water partition coefficient (Wildman–Crippen LogP) is 0.968. The second-order valence-electron chi connectivity index (χ2n) is 8.62. The fourth-order valence-electron chi connectivity index (χ4n) is 5.64. The average molecular weight is 366 g/mol. The van der Waals surface area contributed by atoms with E-state index >= 15 is 0 Å². The van der Waals surface area contributed by atoms with Crippen molar-refractivity contribution in [2.45, 2.75) is 93.6 Å². The number of Topliss-reactive ketones (excluding diaryl/α,β-unsaturated/α-hetero) is 1. The van der Waals surface area contributed by atoms with Crippen molar-refractivity contribution in [1.29, 1.82) is 0 Å². The molecule has 0 saturated carbocycles. The molecular formula is C19H26O7. The number of rotatable bonds is 4. The Labute approximate surface area is 152 Å². The molecule has 144 valence electrons. The van der Waals surface area contributed by atoms with Gasteiger partial charge in [0.2, 0.25) is 0 Å². The van der Waals surface area contributed by atoms with Gasteiger partial charge in [0, 0.05) is 32.5 Å². The van der Waals surface area contributed by atoms with Crippen LogP contribution in [0.4, 0.5) is 0 Å². The lowest BCUT2D eigenvalue weighted by atomic mass is 9.87. The summed E-state index contributed by atoms with van der Waals surface area (Å²) in [6.07, 6.45) is 4.01. The van der Waals surface area contributed by atoms with Crippen molar-refractivity contribution in [2.75, 3.05) is 13.2 Å². The number of hydrogen-bond donors (Lipinski definition) is 0. The van der Waals surface area contributed by atoms with Crippen molar-refractivity contribution in [1.82, 2.24) is 0 Å². The molecule has 7 rings (SSSR count). The van der Waals surface area contributed by atoms with E-state index in [0.29, 0.717) is 18.8 Å². The van der Waals surface area contributed by atoms with Crippen LogP contribution in [0.1, 0.15) is 38.5 Å². The summed E-state index contributed by atoms with van der Waals surface area (Å²) >= 11 is 0. The third-order valence-corrected chi connectivity index (χ3v) is 6.85. The quantitative estimate of drug-likeness (QED) is 0.734. The van der Waals surface area contributed by atoms with Crippen molar-refractivity contribution in [3.05, 3.63) is 0 Å². The van der Waals surface area contributed by atoms with Gasteiger partial charge >= 0.3 is 0 Å². The Hall–Kier alpha value is -0.570. The lowest BCUT2D eigenvalue weighted by Gasteiger charge is -2.46. The number of carbonyl (C=O) groups excluding carboxylic acids is 1. The SMILES string of the molecule is O=C(C[C@@H]1CCOC1)C[C@H]1CC[C@@H]2O[C@H]3C4O[C@@H]5C[C@H]4O[C@H]3[C@@H](O5)C2O1. The summed E-state index contributed by atoms with van der Waals surface area (Å²) in [6, 6.07) is 0. The number of ether oxygens (including phenoxy) is 6. The highest BCUT2D eigenvalue weighted by atomic mass is 16.8. The molecule has 0 aromatic rings. The van der Waals surface area contributed by atoms with Crippen LogP contribution in [0.5, 0.6) is 0 Å². The van der Waals surface area contributed by atoms with E-state index in [1.165, 1.54) is 0 Å². The highest BCUT2D eigenvalue weighted by Gasteiger charge is 2.64. The van der Waals surface area contributed by atoms with Crippen molar-refractivity contribution in [2.24, 2.45) is 5.92 Å². The van der Waals surface area contributed by atoms with Crippen LogP contribution in [-0.2, 0) is 33.2 Å². The first-order valence-electron chi connectivity index (χ1n) is 10.1. The minimum Gasteiger partial charge on any atom is -0.381 e. The van der Waals surface area contributed by atoms with Crippen molar-refractivity contribution in [3.63, 3.8) is 0 Å². The van der Waals surface area contributed by atoms with Gasteiger partial charge in [-0.1, -0.05) is 0 Å². The van der Waals surface area contributed by atoms with Crippen LogP contribution in [0.2, 0.25) is 0 Å². The molecule has 7 heterocycles. The standard InChI is InChI=1S/C19H26O7/c20-10(5-9-3-4-21-8-9)6-11-1-2-12-15(22-11)18-19-17(23-12)16-13(24-19)7-14(25-16)26-18/h9,11-19H,1-8H2/t9-,11+,12-,13+,14-,15?,16?,17-,18-,19+/m0/s1. The summed E-state index contributed by atoms with van der Waals surface area (Å²) < 4.78 is 36.4. The molecule has 7 fully saturated rings. The first kappa shape index (κ1) is 16.4. The third kappa shape index (κ3) is 2.59. The second kappa shape index (κ2) is 6.22. The summed E-state index contributed by atoms with van der Waals surface area (Å²) in [5, 5.41) is 0. The van der Waals surface area contributed by atoms with Crippen LogP contribution in [-0.4, -0.2) is 74.1 Å². The first-order chi connectivity index (χ1) is 12.7. The van der Waals surface area contributed by atoms with Gasteiger partial charge in [0.15, 0.2) is 6.29 Å². The van der Waals surface area contributed by atoms with Crippen molar-refractivity contribution in [3.8, 4) is 0 Å². The van der Waals surface area contributed by atoms with Gasteiger partial charge in [-0.25, -0.2) is 0 Å². The van der Waals surface area contributed by atoms with Gasteiger partial charge in [-0.15, -0.1) is 0 Å². The third-order valence-electron chi connectivity index (χ3n) is 6.85. The molecule has 10 atom stereocenters. The Bertz CT molecular complexity index is 576. The molecule has 0 N–H and O–H groups in total. The van der Waals surface area contributed by atoms with Crippen LogP contribution in [0.3, 0.4) is 0 Å². The molecular weight excluding hydrogens is 340 g/mol. The summed E-state index contributed by atoms with van der Waals surface area (Å²) in [6.45, 7) is 1.50. The van der Waals surface area contributed by atoms with E-state index in [-0.39, 0.29) is 60.9 Å². The van der Waals surface area contributed by atoms with Crippen LogP contribution < -0.4 is 0 Å². The Morgan fingerprint density at radius 1 is 0.769 bits per heavy atom. The minimum absolute atomic E-state index is 0.00359. The highest BCUT2D eigenvalue weighted by Crippen LogP contribution is 2.48. The highest BCUT2D eigenvalue weighted by molar-refractivity contribution is 5.79. The van der Waals surface area contributed by atoms with Gasteiger partial charge in [0.05, 0.1) is 18.3 Å². The Morgan fingerprint density at radius 3 is 2.42 bits per heavy atom. The first-order valence-corrected chi connectivity index (χ1v) is 10.1. The molecule has 0 aromatic heterocycles. The zero-order valence-electron chi connectivity index (χ0n) is 14.8. The van der Waals surface area contributed by atoms with Gasteiger partial charge < -0.3 is 28.4 Å². The van der Waals surface area contributed by atoms with Gasteiger partial charge in [-0.05, 0) is 25.2 Å². The average Bonchev–Trinajstić information content (AvgIpc) is 3.26. The Balaban J connectivity index is 1.13. The predicted molar refractivity (Wildman–Crippen MR) is 86.5 cm³/mol. The number of ketones is 1. The molecule has 0 amide bonds. The second-order valence-corrected chi connectivity index (χ2v) is 8.62. The van der Waals surface area contributed by atoms with Gasteiger partial charge in [0.1, 0.15) is 36.3 Å². The molecule has 0 radical (unpaired) electrons. The molecule has 0 spiro atoms. The largest absolute Gasteiger partial charge is 0.381 e. The monoisotopic (exact) mass is 366 g/mol.